The van der Waals surface area contributed by atoms with Gasteiger partial charge in [-0.1, -0.05) is 0 Å². The van der Waals surface area contributed by atoms with Crippen molar-refractivity contribution in [3.63, 3.8) is 0 Å². The molecule has 2 aromatic carbocycles. The number of hydrogen-bond acceptors (Lipinski definition) is 5. The molecule has 2 aromatic rings. The van der Waals surface area contributed by atoms with E-state index in [9.17, 15) is 18.4 Å². The van der Waals surface area contributed by atoms with Gasteiger partial charge >= 0.3 is 6.03 Å². The summed E-state index contributed by atoms with van der Waals surface area (Å²) in [5.41, 5.74) is 0.422. The van der Waals surface area contributed by atoms with E-state index in [0.717, 1.165) is 23.9 Å². The van der Waals surface area contributed by atoms with E-state index in [2.05, 4.69) is 10.6 Å². The maximum absolute atomic E-state index is 13.1. The summed E-state index contributed by atoms with van der Waals surface area (Å²) in [5.74, 6) is -1.65. The lowest BCUT2D eigenvalue weighted by molar-refractivity contribution is -0.117. The van der Waals surface area contributed by atoms with Crippen LogP contribution in [0.1, 0.15) is 13.8 Å². The summed E-state index contributed by atoms with van der Waals surface area (Å²) in [7, 11) is 0. The van der Waals surface area contributed by atoms with E-state index in [0.29, 0.717) is 35.3 Å². The number of thioether (sulfide) groups is 1. The Labute approximate surface area is 165 Å². The quantitative estimate of drug-likeness (QED) is 0.638. The van der Waals surface area contributed by atoms with Gasteiger partial charge in [0, 0.05) is 16.6 Å². The zero-order valence-electron chi connectivity index (χ0n) is 15.4. The van der Waals surface area contributed by atoms with Gasteiger partial charge in [0.1, 0.15) is 0 Å². The van der Waals surface area contributed by atoms with Crippen molar-refractivity contribution in [1.82, 2.24) is 5.32 Å². The van der Waals surface area contributed by atoms with Gasteiger partial charge in [-0.05, 0) is 44.2 Å². The van der Waals surface area contributed by atoms with Crippen molar-refractivity contribution >= 4 is 29.4 Å². The lowest BCUT2D eigenvalue weighted by atomic mass is 10.2. The number of anilines is 1. The molecule has 0 atom stereocenters. The lowest BCUT2D eigenvalue weighted by Gasteiger charge is -2.13. The number of ether oxygens (including phenoxy) is 2. The molecule has 9 heteroatoms. The van der Waals surface area contributed by atoms with Gasteiger partial charge in [0.05, 0.1) is 19.0 Å². The monoisotopic (exact) mass is 410 g/mol. The van der Waals surface area contributed by atoms with Crippen molar-refractivity contribution in [2.75, 3.05) is 24.3 Å². The fraction of sp³-hybridized carbons (Fsp3) is 0.263. The van der Waals surface area contributed by atoms with Crippen LogP contribution in [0.25, 0.3) is 0 Å². The van der Waals surface area contributed by atoms with Crippen molar-refractivity contribution in [2.45, 2.75) is 18.7 Å². The van der Waals surface area contributed by atoms with Crippen molar-refractivity contribution < 1.29 is 27.8 Å². The number of carbonyl (C=O) groups excluding carboxylic acids is 2. The molecular formula is C19H20F2N2O4S. The van der Waals surface area contributed by atoms with E-state index in [4.69, 9.17) is 9.47 Å². The molecule has 0 spiro atoms. The number of amides is 3. The number of imide groups is 1. The SMILES string of the molecule is CCOc1ccc(NC(=O)NC(=O)CSc2ccc(F)c(F)c2)cc1OCC. The molecule has 0 saturated heterocycles. The average molecular weight is 410 g/mol. The predicted octanol–water partition coefficient (Wildman–Crippen LogP) is 4.20. The molecular weight excluding hydrogens is 390 g/mol. The summed E-state index contributed by atoms with van der Waals surface area (Å²) < 4.78 is 37.0. The van der Waals surface area contributed by atoms with Crippen LogP contribution >= 0.6 is 11.8 Å². The molecule has 0 aliphatic heterocycles. The third-order valence-electron chi connectivity index (χ3n) is 3.32. The van der Waals surface area contributed by atoms with Crippen LogP contribution in [0.3, 0.4) is 0 Å². The number of halogens is 2. The van der Waals surface area contributed by atoms with Crippen molar-refractivity contribution in [3.8, 4) is 11.5 Å². The highest BCUT2D eigenvalue weighted by Crippen LogP contribution is 2.30. The molecule has 150 valence electrons. The summed E-state index contributed by atoms with van der Waals surface area (Å²) in [6.45, 7) is 4.57. The van der Waals surface area contributed by atoms with Crippen LogP contribution in [0, 0.1) is 11.6 Å². The first kappa shape index (κ1) is 21.5. The second kappa shape index (κ2) is 10.5. The van der Waals surface area contributed by atoms with Crippen LogP contribution in [0.15, 0.2) is 41.3 Å². The molecule has 0 aliphatic rings. The van der Waals surface area contributed by atoms with Crippen LogP contribution in [0.4, 0.5) is 19.3 Å². The topological polar surface area (TPSA) is 76.7 Å². The lowest BCUT2D eigenvalue weighted by Crippen LogP contribution is -2.35. The highest BCUT2D eigenvalue weighted by molar-refractivity contribution is 8.00. The molecule has 2 N–H and O–H groups in total. The standard InChI is InChI=1S/C19H20F2N2O4S/c1-3-26-16-8-5-12(9-17(16)27-4-2)22-19(25)23-18(24)11-28-13-6-7-14(20)15(21)10-13/h5-10H,3-4,11H2,1-2H3,(H2,22,23,24,25). The van der Waals surface area contributed by atoms with E-state index in [1.165, 1.54) is 6.07 Å². The van der Waals surface area contributed by atoms with Gasteiger partial charge in [-0.15, -0.1) is 11.8 Å². The van der Waals surface area contributed by atoms with Crippen LogP contribution in [0.2, 0.25) is 0 Å². The van der Waals surface area contributed by atoms with Gasteiger partial charge in [-0.2, -0.15) is 0 Å². The predicted molar refractivity (Wildman–Crippen MR) is 103 cm³/mol. The van der Waals surface area contributed by atoms with E-state index >= 15 is 0 Å². The maximum Gasteiger partial charge on any atom is 0.325 e. The molecule has 28 heavy (non-hydrogen) atoms. The van der Waals surface area contributed by atoms with Gasteiger partial charge < -0.3 is 14.8 Å². The summed E-state index contributed by atoms with van der Waals surface area (Å²) in [6.07, 6.45) is 0. The summed E-state index contributed by atoms with van der Waals surface area (Å²) in [5, 5.41) is 4.70. The molecule has 0 aromatic heterocycles. The van der Waals surface area contributed by atoms with Crippen molar-refractivity contribution in [2.24, 2.45) is 0 Å². The number of rotatable bonds is 8. The third kappa shape index (κ3) is 6.41. The third-order valence-corrected chi connectivity index (χ3v) is 4.31. The summed E-state index contributed by atoms with van der Waals surface area (Å²) in [4.78, 5) is 24.2. The van der Waals surface area contributed by atoms with Crippen LogP contribution in [-0.4, -0.2) is 30.9 Å². The normalized spacial score (nSPS) is 10.3. The first-order valence-corrected chi connectivity index (χ1v) is 9.49. The van der Waals surface area contributed by atoms with Crippen LogP contribution in [0.5, 0.6) is 11.5 Å². The minimum Gasteiger partial charge on any atom is -0.490 e. The first-order valence-electron chi connectivity index (χ1n) is 8.51. The van der Waals surface area contributed by atoms with E-state index < -0.39 is 23.6 Å². The molecule has 2 rings (SSSR count). The Morgan fingerprint density at radius 1 is 0.964 bits per heavy atom. The largest absolute Gasteiger partial charge is 0.490 e. The minimum absolute atomic E-state index is 0.133. The fourth-order valence-electron chi connectivity index (χ4n) is 2.17. The molecule has 0 saturated carbocycles. The van der Waals surface area contributed by atoms with Crippen LogP contribution in [-0.2, 0) is 4.79 Å². The fourth-order valence-corrected chi connectivity index (χ4v) is 2.89. The van der Waals surface area contributed by atoms with E-state index in [1.807, 2.05) is 13.8 Å². The molecule has 0 fully saturated rings. The highest BCUT2D eigenvalue weighted by atomic mass is 32.2. The zero-order chi connectivity index (χ0) is 20.5. The molecule has 0 aliphatic carbocycles. The average Bonchev–Trinajstić information content (AvgIpc) is 2.65. The van der Waals surface area contributed by atoms with E-state index in [-0.39, 0.29) is 5.75 Å². The van der Waals surface area contributed by atoms with E-state index in [1.54, 1.807) is 18.2 Å². The molecule has 0 heterocycles. The molecule has 0 unspecified atom stereocenters. The number of hydrogen-bond donors (Lipinski definition) is 2. The molecule has 6 nitrogen and oxygen atoms in total. The Kier molecular flexibility index (Phi) is 8.06. The maximum atomic E-state index is 13.1. The van der Waals surface area contributed by atoms with Gasteiger partial charge in [0.15, 0.2) is 23.1 Å². The number of carbonyl (C=O) groups is 2. The second-order valence-electron chi connectivity index (χ2n) is 5.39. The first-order chi connectivity index (χ1) is 13.4. The summed E-state index contributed by atoms with van der Waals surface area (Å²) >= 11 is 0.981. The van der Waals surface area contributed by atoms with Gasteiger partial charge in [-0.3, -0.25) is 10.1 Å². The van der Waals surface area contributed by atoms with Crippen molar-refractivity contribution in [3.05, 3.63) is 48.0 Å². The molecule has 3 amide bonds. The summed E-state index contributed by atoms with van der Waals surface area (Å²) in [6, 6.07) is 7.47. The molecule has 0 radical (unpaired) electrons. The van der Waals surface area contributed by atoms with Gasteiger partial charge in [-0.25, -0.2) is 13.6 Å². The second-order valence-corrected chi connectivity index (χ2v) is 6.44. The zero-order valence-corrected chi connectivity index (χ0v) is 16.2. The number of urea groups is 1. The molecule has 0 bridgehead atoms. The van der Waals surface area contributed by atoms with Gasteiger partial charge in [0.2, 0.25) is 5.91 Å². The Balaban J connectivity index is 1.89. The Bertz CT molecular complexity index is 849. The Morgan fingerprint density at radius 3 is 2.36 bits per heavy atom. The smallest absolute Gasteiger partial charge is 0.325 e. The van der Waals surface area contributed by atoms with Crippen LogP contribution < -0.4 is 20.1 Å². The number of nitrogens with one attached hydrogen (secondary N) is 2. The highest BCUT2D eigenvalue weighted by Gasteiger charge is 2.12. The van der Waals surface area contributed by atoms with Crippen molar-refractivity contribution in [1.29, 1.82) is 0 Å². The number of benzene rings is 2. The minimum atomic E-state index is -0.997. The Morgan fingerprint density at radius 2 is 1.68 bits per heavy atom. The Hall–Kier alpha value is -2.81. The van der Waals surface area contributed by atoms with Gasteiger partial charge in [0.25, 0.3) is 0 Å².